The summed E-state index contributed by atoms with van der Waals surface area (Å²) in [5.74, 6) is -0.123. The number of piperidine rings is 1. The summed E-state index contributed by atoms with van der Waals surface area (Å²) < 4.78 is 0. The van der Waals surface area contributed by atoms with Crippen LogP contribution in [-0.2, 0) is 0 Å². The van der Waals surface area contributed by atoms with Crippen molar-refractivity contribution in [3.8, 4) is 0 Å². The van der Waals surface area contributed by atoms with E-state index < -0.39 is 0 Å². The number of benzene rings is 1. The third kappa shape index (κ3) is 3.39. The molecule has 1 aliphatic rings. The molecule has 5 heteroatoms. The Labute approximate surface area is 135 Å². The zero-order valence-electron chi connectivity index (χ0n) is 12.7. The van der Waals surface area contributed by atoms with Crippen molar-refractivity contribution in [3.05, 3.63) is 41.0 Å². The van der Waals surface area contributed by atoms with Gasteiger partial charge in [-0.05, 0) is 49.5 Å². The Morgan fingerprint density at radius 2 is 2.05 bits per heavy atom. The Bertz CT molecular complexity index is 695. The molecule has 4 nitrogen and oxygen atoms in total. The minimum atomic E-state index is -0.123. The minimum absolute atomic E-state index is 0.123. The quantitative estimate of drug-likeness (QED) is 0.915. The number of halogens is 1. The van der Waals surface area contributed by atoms with E-state index in [-0.39, 0.29) is 11.3 Å². The van der Waals surface area contributed by atoms with Gasteiger partial charge in [-0.3, -0.25) is 4.79 Å². The van der Waals surface area contributed by atoms with Gasteiger partial charge in [-0.2, -0.15) is 0 Å². The van der Waals surface area contributed by atoms with Crippen molar-refractivity contribution in [1.29, 1.82) is 0 Å². The molecular weight excluding hydrogens is 298 g/mol. The summed E-state index contributed by atoms with van der Waals surface area (Å²) in [6, 6.07) is 9.17. The van der Waals surface area contributed by atoms with E-state index in [1.165, 1.54) is 0 Å². The Kier molecular flexibility index (Phi) is 4.32. The van der Waals surface area contributed by atoms with Gasteiger partial charge in [-0.15, -0.1) is 0 Å². The van der Waals surface area contributed by atoms with Gasteiger partial charge in [0.2, 0.25) is 0 Å². The van der Waals surface area contributed by atoms with E-state index in [4.69, 9.17) is 11.6 Å². The molecule has 0 unspecified atom stereocenters. The zero-order valence-corrected chi connectivity index (χ0v) is 13.4. The molecule has 0 aliphatic carbocycles. The highest BCUT2D eigenvalue weighted by Crippen LogP contribution is 2.26. The third-order valence-corrected chi connectivity index (χ3v) is 4.61. The second kappa shape index (κ2) is 6.23. The Morgan fingerprint density at radius 3 is 2.82 bits per heavy atom. The lowest BCUT2D eigenvalue weighted by molar-refractivity contribution is 0.0917. The van der Waals surface area contributed by atoms with E-state index >= 15 is 0 Å². The topological polar surface area (TPSA) is 54.0 Å². The summed E-state index contributed by atoms with van der Waals surface area (Å²) in [5, 5.41) is 7.98. The number of rotatable bonds is 3. The average molecular weight is 318 g/mol. The van der Waals surface area contributed by atoms with Crippen LogP contribution in [0.1, 0.15) is 30.3 Å². The largest absolute Gasteiger partial charge is 0.350 e. The van der Waals surface area contributed by atoms with Gasteiger partial charge >= 0.3 is 0 Å². The maximum atomic E-state index is 12.3. The van der Waals surface area contributed by atoms with Crippen molar-refractivity contribution in [1.82, 2.24) is 15.6 Å². The van der Waals surface area contributed by atoms with Crippen LogP contribution in [0.2, 0.25) is 5.02 Å². The molecule has 116 valence electrons. The molecule has 0 bridgehead atoms. The highest BCUT2D eigenvalue weighted by atomic mass is 35.5. The number of carbonyl (C=O) groups is 1. The molecule has 3 rings (SSSR count). The van der Waals surface area contributed by atoms with Crippen LogP contribution in [0.25, 0.3) is 10.9 Å². The summed E-state index contributed by atoms with van der Waals surface area (Å²) >= 11 is 5.99. The molecule has 2 N–H and O–H groups in total. The van der Waals surface area contributed by atoms with Crippen molar-refractivity contribution in [2.75, 3.05) is 19.6 Å². The third-order valence-electron chi connectivity index (χ3n) is 4.37. The van der Waals surface area contributed by atoms with E-state index in [0.717, 1.165) is 36.8 Å². The van der Waals surface area contributed by atoms with Gasteiger partial charge in [-0.1, -0.05) is 30.7 Å². The number of fused-ring (bicyclic) bond motifs is 1. The molecule has 1 saturated heterocycles. The van der Waals surface area contributed by atoms with Crippen LogP contribution in [-0.4, -0.2) is 30.5 Å². The molecule has 22 heavy (non-hydrogen) atoms. The zero-order chi connectivity index (χ0) is 15.6. The number of nitrogens with zero attached hydrogens (tertiary/aromatic N) is 1. The van der Waals surface area contributed by atoms with Crippen molar-refractivity contribution in [2.24, 2.45) is 5.41 Å². The lowest BCUT2D eigenvalue weighted by Gasteiger charge is -2.34. The van der Waals surface area contributed by atoms with Gasteiger partial charge in [0.15, 0.2) is 0 Å². The Morgan fingerprint density at radius 1 is 1.32 bits per heavy atom. The van der Waals surface area contributed by atoms with Crippen LogP contribution in [0.5, 0.6) is 0 Å². The normalized spacial score (nSPS) is 17.4. The van der Waals surface area contributed by atoms with Crippen LogP contribution in [0.4, 0.5) is 0 Å². The van der Waals surface area contributed by atoms with Gasteiger partial charge in [0.25, 0.3) is 5.91 Å². The molecule has 0 radical (unpaired) electrons. The standard InChI is InChI=1S/C17H20ClN3O/c1-17(6-8-19-9-7-17)11-20-16(22)14-5-3-12-2-4-13(18)10-15(12)21-14/h2-5,10,19H,6-9,11H2,1H3,(H,20,22). The van der Waals surface area contributed by atoms with Crippen LogP contribution in [0, 0.1) is 5.41 Å². The van der Waals surface area contributed by atoms with Crippen LogP contribution in [0.15, 0.2) is 30.3 Å². The van der Waals surface area contributed by atoms with Gasteiger partial charge in [0.1, 0.15) is 5.69 Å². The number of amides is 1. The van der Waals surface area contributed by atoms with Gasteiger partial charge in [0, 0.05) is 17.0 Å². The minimum Gasteiger partial charge on any atom is -0.350 e. The Hall–Kier alpha value is -1.65. The first-order valence-electron chi connectivity index (χ1n) is 7.61. The van der Waals surface area contributed by atoms with Crippen molar-refractivity contribution >= 4 is 28.4 Å². The van der Waals surface area contributed by atoms with Crippen LogP contribution in [0.3, 0.4) is 0 Å². The van der Waals surface area contributed by atoms with Gasteiger partial charge in [-0.25, -0.2) is 4.98 Å². The highest BCUT2D eigenvalue weighted by molar-refractivity contribution is 6.31. The summed E-state index contributed by atoms with van der Waals surface area (Å²) in [5.41, 5.74) is 1.35. The van der Waals surface area contributed by atoms with Crippen LogP contribution < -0.4 is 10.6 Å². The predicted octanol–water partition coefficient (Wildman–Crippen LogP) is 3.01. The molecule has 1 amide bonds. The number of carbonyl (C=O) groups excluding carboxylic acids is 1. The average Bonchev–Trinajstić information content (AvgIpc) is 2.52. The fourth-order valence-corrected chi connectivity index (χ4v) is 2.97. The van der Waals surface area contributed by atoms with Crippen LogP contribution >= 0.6 is 11.6 Å². The lowest BCUT2D eigenvalue weighted by Crippen LogP contribution is -2.43. The van der Waals surface area contributed by atoms with Gasteiger partial charge < -0.3 is 10.6 Å². The molecule has 2 aromatic rings. The van der Waals surface area contributed by atoms with E-state index in [2.05, 4.69) is 22.5 Å². The lowest BCUT2D eigenvalue weighted by atomic mass is 9.81. The number of nitrogens with one attached hydrogen (secondary N) is 2. The van der Waals surface area contributed by atoms with E-state index in [1.807, 2.05) is 18.2 Å². The molecule has 0 saturated carbocycles. The van der Waals surface area contributed by atoms with Gasteiger partial charge in [0.05, 0.1) is 5.52 Å². The molecule has 2 heterocycles. The van der Waals surface area contributed by atoms with Crippen molar-refractivity contribution in [2.45, 2.75) is 19.8 Å². The van der Waals surface area contributed by atoms with E-state index in [0.29, 0.717) is 17.3 Å². The first-order chi connectivity index (χ1) is 10.6. The predicted molar refractivity (Wildman–Crippen MR) is 89.3 cm³/mol. The summed E-state index contributed by atoms with van der Waals surface area (Å²) in [7, 11) is 0. The highest BCUT2D eigenvalue weighted by Gasteiger charge is 2.27. The maximum absolute atomic E-state index is 12.3. The smallest absolute Gasteiger partial charge is 0.269 e. The molecule has 1 fully saturated rings. The van der Waals surface area contributed by atoms with E-state index in [1.54, 1.807) is 12.1 Å². The first-order valence-corrected chi connectivity index (χ1v) is 7.99. The number of aromatic nitrogens is 1. The first kappa shape index (κ1) is 15.3. The van der Waals surface area contributed by atoms with E-state index in [9.17, 15) is 4.79 Å². The monoisotopic (exact) mass is 317 g/mol. The number of hydrogen-bond acceptors (Lipinski definition) is 3. The number of hydrogen-bond donors (Lipinski definition) is 2. The summed E-state index contributed by atoms with van der Waals surface area (Å²) in [6.45, 7) is 4.93. The van der Waals surface area contributed by atoms with Crippen molar-refractivity contribution in [3.63, 3.8) is 0 Å². The Balaban J connectivity index is 1.71. The second-order valence-corrected chi connectivity index (χ2v) is 6.71. The molecule has 1 aromatic heterocycles. The molecule has 0 spiro atoms. The maximum Gasteiger partial charge on any atom is 0.269 e. The number of pyridine rings is 1. The molecule has 1 aromatic carbocycles. The molecular formula is C17H20ClN3O. The summed E-state index contributed by atoms with van der Waals surface area (Å²) in [6.07, 6.45) is 2.15. The fraction of sp³-hybridized carbons (Fsp3) is 0.412. The fourth-order valence-electron chi connectivity index (χ4n) is 2.81. The SMILES string of the molecule is CC1(CNC(=O)c2ccc3ccc(Cl)cc3n2)CCNCC1. The summed E-state index contributed by atoms with van der Waals surface area (Å²) in [4.78, 5) is 16.7. The van der Waals surface area contributed by atoms with Crippen molar-refractivity contribution < 1.29 is 4.79 Å². The molecule has 0 atom stereocenters. The molecule has 1 aliphatic heterocycles. The second-order valence-electron chi connectivity index (χ2n) is 6.28.